The van der Waals surface area contributed by atoms with Crippen LogP contribution in [0.15, 0.2) is 72.9 Å². The number of methoxy groups -OCH3 is 2. The third-order valence-electron chi connectivity index (χ3n) is 15.2. The Morgan fingerprint density at radius 2 is 1.49 bits per heavy atom. The Morgan fingerprint density at radius 3 is 2.13 bits per heavy atom. The molecule has 1 aliphatic heterocycles. The first-order valence-electron chi connectivity index (χ1n) is 27.2. The van der Waals surface area contributed by atoms with Crippen molar-refractivity contribution >= 4 is 46.5 Å². The second-order valence-electron chi connectivity index (χ2n) is 21.3. The van der Waals surface area contributed by atoms with Crippen molar-refractivity contribution in [2.24, 2.45) is 23.7 Å². The van der Waals surface area contributed by atoms with Crippen molar-refractivity contribution in [3.8, 4) is 11.8 Å². The molecule has 5 N–H and O–H groups in total. The summed E-state index contributed by atoms with van der Waals surface area (Å²) in [6.07, 6.45) is 4.31. The molecule has 1 saturated heterocycles. The van der Waals surface area contributed by atoms with Gasteiger partial charge >= 0.3 is 11.9 Å². The van der Waals surface area contributed by atoms with Crippen molar-refractivity contribution in [1.82, 2.24) is 35.0 Å². The molecule has 3 heterocycles. The van der Waals surface area contributed by atoms with Crippen LogP contribution in [0.2, 0.25) is 0 Å². The highest BCUT2D eigenvalue weighted by atomic mass is 16.7. The van der Waals surface area contributed by atoms with E-state index >= 15 is 0 Å². The van der Waals surface area contributed by atoms with Crippen molar-refractivity contribution in [2.75, 3.05) is 41.4 Å². The second kappa shape index (κ2) is 29.3. The van der Waals surface area contributed by atoms with Gasteiger partial charge in [-0.25, -0.2) is 9.59 Å². The zero-order valence-electron chi connectivity index (χ0n) is 47.0. The Morgan fingerprint density at radius 1 is 0.818 bits per heavy atom. The molecule has 424 valence electrons. The number of para-hydroxylation sites is 1. The number of esters is 1. The van der Waals surface area contributed by atoms with Crippen LogP contribution in [0.3, 0.4) is 0 Å². The first kappa shape index (κ1) is 61.4. The molecule has 0 saturated carbocycles. The van der Waals surface area contributed by atoms with Gasteiger partial charge in [-0.3, -0.25) is 24.1 Å². The number of nitrogens with zero attached hydrogens (tertiary/aromatic N) is 4. The lowest BCUT2D eigenvalue weighted by atomic mass is 9.89. The molecule has 0 bridgehead atoms. The molecule has 19 heteroatoms. The van der Waals surface area contributed by atoms with Gasteiger partial charge < -0.3 is 54.7 Å². The molecule has 2 aromatic heterocycles. The maximum absolute atomic E-state index is 14.7. The molecule has 9 atom stereocenters. The van der Waals surface area contributed by atoms with Gasteiger partial charge in [-0.1, -0.05) is 110 Å². The smallest absolute Gasteiger partial charge is 0.333 e. The SMILES string of the molecule is CCC(C)C(C(CC(=O)N1CCCC1C(OC)C(C)C(=O)NC(Cc1c[nH]c2ccccc12)C(=O)OCc1ccccc1)OC)N(C)C(=O)C(NC(=O)C(C(C)C)N(C)CCCCCC(=O)On1c(O)ccc1O)C(C)C. The van der Waals surface area contributed by atoms with Crippen LogP contribution in [0.5, 0.6) is 11.8 Å². The summed E-state index contributed by atoms with van der Waals surface area (Å²) in [5.74, 6) is -4.50. The van der Waals surface area contributed by atoms with E-state index in [1.165, 1.54) is 26.4 Å². The normalized spacial score (nSPS) is 16.9. The predicted molar refractivity (Wildman–Crippen MR) is 292 cm³/mol. The number of ether oxygens (including phenoxy) is 3. The van der Waals surface area contributed by atoms with Gasteiger partial charge in [0.05, 0.1) is 42.7 Å². The summed E-state index contributed by atoms with van der Waals surface area (Å²) in [4.78, 5) is 97.6. The monoisotopic (exact) mass is 1070 g/mol. The average Bonchev–Trinajstić information content (AvgIpc) is 4.15. The number of hydrogen-bond acceptors (Lipinski definition) is 13. The highest BCUT2D eigenvalue weighted by Gasteiger charge is 2.44. The minimum Gasteiger partial charge on any atom is -0.492 e. The standard InChI is InChI=1S/C58H85N7O12/c1-12-38(6)53(63(9)57(72)51(36(2)3)61-56(71)52(37(4)5)62(8)30-20-14-17-27-50(69)77-65-47(66)28-29-48(65)67)46(74-10)33-49(68)64-31-21-26-45(64)54(75-11)39(7)55(70)60-44(58(73)76-35-40-22-15-13-16-23-40)32-41-34-59-43-25-19-18-24-42(41)43/h13,15-16,18-19,22-25,28-29,34,36-39,44-46,51-54,59,66-67H,12,14,17,20-21,26-27,30-33,35H2,1-11H3,(H,60,70)(H,61,71). The fourth-order valence-corrected chi connectivity index (χ4v) is 10.7. The Labute approximate surface area is 454 Å². The molecule has 1 aliphatic rings. The number of rotatable bonds is 30. The molecule has 5 rings (SSSR count). The fourth-order valence-electron chi connectivity index (χ4n) is 10.7. The van der Waals surface area contributed by atoms with Crippen LogP contribution in [0.4, 0.5) is 0 Å². The number of likely N-dealkylation sites (tertiary alicyclic amines) is 1. The number of H-pyrrole nitrogens is 1. The van der Waals surface area contributed by atoms with E-state index in [4.69, 9.17) is 19.0 Å². The Bertz CT molecular complexity index is 2530. The van der Waals surface area contributed by atoms with Gasteiger partial charge in [0.25, 0.3) is 0 Å². The van der Waals surface area contributed by atoms with E-state index < -0.39 is 77.9 Å². The summed E-state index contributed by atoms with van der Waals surface area (Å²) in [6, 6.07) is 16.0. The van der Waals surface area contributed by atoms with Crippen LogP contribution in [0, 0.1) is 23.7 Å². The van der Waals surface area contributed by atoms with Crippen LogP contribution in [-0.4, -0.2) is 154 Å². The summed E-state index contributed by atoms with van der Waals surface area (Å²) >= 11 is 0. The number of likely N-dealkylation sites (N-methyl/N-ethyl adjacent to an activating group) is 2. The van der Waals surface area contributed by atoms with Crippen LogP contribution < -0.4 is 15.5 Å². The zero-order valence-corrected chi connectivity index (χ0v) is 47.0. The molecule has 0 spiro atoms. The van der Waals surface area contributed by atoms with Gasteiger partial charge in [0.15, 0.2) is 0 Å². The van der Waals surface area contributed by atoms with Crippen LogP contribution in [0.25, 0.3) is 10.9 Å². The number of fused-ring (bicyclic) bond motifs is 1. The molecular weight excluding hydrogens is 987 g/mol. The van der Waals surface area contributed by atoms with E-state index in [1.807, 2.05) is 114 Å². The van der Waals surface area contributed by atoms with Crippen molar-refractivity contribution in [1.29, 1.82) is 0 Å². The quantitative estimate of drug-likeness (QED) is 0.0282. The Hall–Kier alpha value is -6.44. The third-order valence-corrected chi connectivity index (χ3v) is 15.2. The summed E-state index contributed by atoms with van der Waals surface area (Å²) in [7, 11) is 6.62. The molecule has 0 radical (unpaired) electrons. The number of hydrogen-bond donors (Lipinski definition) is 5. The second-order valence-corrected chi connectivity index (χ2v) is 21.3. The molecule has 4 amide bonds. The van der Waals surface area contributed by atoms with E-state index in [0.717, 1.165) is 22.0 Å². The number of aromatic hydroxyl groups is 2. The van der Waals surface area contributed by atoms with Crippen LogP contribution in [0.1, 0.15) is 111 Å². The molecular formula is C58H85N7O12. The van der Waals surface area contributed by atoms with Gasteiger partial charge in [0, 0.05) is 69.9 Å². The predicted octanol–water partition coefficient (Wildman–Crippen LogP) is 6.38. The number of aromatic amines is 1. The molecule has 19 nitrogen and oxygen atoms in total. The van der Waals surface area contributed by atoms with E-state index in [-0.39, 0.29) is 61.3 Å². The van der Waals surface area contributed by atoms with E-state index in [1.54, 1.807) is 23.8 Å². The third kappa shape index (κ3) is 16.3. The van der Waals surface area contributed by atoms with Crippen molar-refractivity contribution in [3.05, 3.63) is 84.1 Å². The van der Waals surface area contributed by atoms with Crippen molar-refractivity contribution < 1.29 is 58.0 Å². The minimum absolute atomic E-state index is 0.0394. The number of carbonyl (C=O) groups is 6. The highest BCUT2D eigenvalue weighted by molar-refractivity contribution is 5.91. The summed E-state index contributed by atoms with van der Waals surface area (Å²) < 4.78 is 18.6. The van der Waals surface area contributed by atoms with Gasteiger partial charge in [-0.15, -0.1) is 4.73 Å². The van der Waals surface area contributed by atoms with Gasteiger partial charge in [-0.2, -0.15) is 0 Å². The topological polar surface area (TPSA) is 234 Å². The molecule has 0 aliphatic carbocycles. The van der Waals surface area contributed by atoms with E-state index in [2.05, 4.69) is 15.6 Å². The molecule has 4 aromatic rings. The van der Waals surface area contributed by atoms with Crippen LogP contribution >= 0.6 is 0 Å². The summed E-state index contributed by atoms with van der Waals surface area (Å²) in [5, 5.41) is 26.5. The lowest BCUT2D eigenvalue weighted by Crippen LogP contribution is -2.60. The lowest BCUT2D eigenvalue weighted by Gasteiger charge is -2.41. The van der Waals surface area contributed by atoms with Crippen molar-refractivity contribution in [3.63, 3.8) is 0 Å². The number of nitrogens with one attached hydrogen (secondary N) is 3. The number of aromatic nitrogens is 2. The van der Waals surface area contributed by atoms with Gasteiger partial charge in [0.1, 0.15) is 18.7 Å². The number of amides is 4. The van der Waals surface area contributed by atoms with Gasteiger partial charge in [-0.05, 0) is 74.2 Å². The fraction of sp³-hybridized carbons (Fsp3) is 0.586. The van der Waals surface area contributed by atoms with Gasteiger partial charge in [0.2, 0.25) is 35.4 Å². The van der Waals surface area contributed by atoms with Crippen molar-refractivity contribution in [2.45, 2.75) is 155 Å². The maximum Gasteiger partial charge on any atom is 0.333 e. The molecule has 77 heavy (non-hydrogen) atoms. The average molecular weight is 1070 g/mol. The number of carbonyl (C=O) groups excluding carboxylic acids is 6. The largest absolute Gasteiger partial charge is 0.492 e. The minimum atomic E-state index is -1.02. The van der Waals surface area contributed by atoms with Crippen LogP contribution in [-0.2, 0) is 56.0 Å². The maximum atomic E-state index is 14.7. The van der Waals surface area contributed by atoms with E-state index in [0.29, 0.717) is 56.3 Å². The molecule has 2 aromatic carbocycles. The Kier molecular flexibility index (Phi) is 23.4. The highest BCUT2D eigenvalue weighted by Crippen LogP contribution is 2.30. The summed E-state index contributed by atoms with van der Waals surface area (Å²) in [6.45, 7) is 14.4. The van der Waals surface area contributed by atoms with E-state index in [9.17, 15) is 39.0 Å². The first-order chi connectivity index (χ1) is 36.7. The summed E-state index contributed by atoms with van der Waals surface area (Å²) in [5.41, 5.74) is 2.56. The zero-order chi connectivity index (χ0) is 56.5. The molecule has 1 fully saturated rings. The first-order valence-corrected chi connectivity index (χ1v) is 27.2. The lowest BCUT2D eigenvalue weighted by molar-refractivity contribution is -0.151. The Balaban J connectivity index is 1.23. The molecule has 9 unspecified atom stereocenters. The number of unbranched alkanes of at least 4 members (excludes halogenated alkanes) is 2. The number of benzene rings is 2.